The van der Waals surface area contributed by atoms with E-state index in [1.165, 1.54) is 34.1 Å². The quantitative estimate of drug-likeness (QED) is 0.152. The molecule has 0 unspecified atom stereocenters. The minimum Gasteiger partial charge on any atom is -0.272 e. The summed E-state index contributed by atoms with van der Waals surface area (Å²) in [6.07, 6.45) is 13.7. The highest BCUT2D eigenvalue weighted by molar-refractivity contribution is 8.25. The highest BCUT2D eigenvalue weighted by Crippen LogP contribution is 2.39. The van der Waals surface area contributed by atoms with Crippen LogP contribution in [0, 0.1) is 12.8 Å². The minimum atomic E-state index is -1.50. The molecule has 0 radical (unpaired) electrons. The molecule has 0 atom stereocenters. The Morgan fingerprint density at radius 3 is 2.20 bits per heavy atom. The predicted molar refractivity (Wildman–Crippen MR) is 193 cm³/mol. The second kappa shape index (κ2) is 21.3. The van der Waals surface area contributed by atoms with Crippen molar-refractivity contribution in [2.24, 2.45) is 15.9 Å². The summed E-state index contributed by atoms with van der Waals surface area (Å²) < 4.78 is 15.6. The largest absolute Gasteiger partial charge is 0.272 e. The van der Waals surface area contributed by atoms with Gasteiger partial charge >= 0.3 is 0 Å². The summed E-state index contributed by atoms with van der Waals surface area (Å²) >= 11 is 0.200. The third-order valence-corrected chi connectivity index (χ3v) is 9.31. The maximum absolute atomic E-state index is 13.1. The third kappa shape index (κ3) is 14.4. The van der Waals surface area contributed by atoms with Crippen molar-refractivity contribution in [1.82, 2.24) is 4.31 Å². The lowest BCUT2D eigenvalue weighted by atomic mass is 9.91. The second-order valence-corrected chi connectivity index (χ2v) is 13.6. The molecule has 1 aromatic rings. The van der Waals surface area contributed by atoms with E-state index in [9.17, 15) is 3.89 Å². The number of hydrogen-bond donors (Lipinski definition) is 0. The molecule has 0 aromatic heterocycles. The Kier molecular flexibility index (Phi) is 20.1. The van der Waals surface area contributed by atoms with Crippen molar-refractivity contribution in [3.8, 4) is 0 Å². The molecule has 41 heavy (non-hydrogen) atoms. The van der Waals surface area contributed by atoms with Gasteiger partial charge in [-0.05, 0) is 84.4 Å². The van der Waals surface area contributed by atoms with Crippen molar-refractivity contribution >= 4 is 45.7 Å². The van der Waals surface area contributed by atoms with Crippen molar-refractivity contribution in [2.45, 2.75) is 86.0 Å². The molecule has 1 saturated heterocycles. The molecule has 2 rings (SSSR count). The normalized spacial score (nSPS) is 15.6. The van der Waals surface area contributed by atoms with Crippen LogP contribution in [0.1, 0.15) is 79.7 Å². The van der Waals surface area contributed by atoms with Gasteiger partial charge in [-0.15, -0.1) is 9.39 Å². The summed E-state index contributed by atoms with van der Waals surface area (Å²) in [6, 6.07) is 8.54. The number of halogens is 1. The first kappa shape index (κ1) is 38.6. The van der Waals surface area contributed by atoms with Gasteiger partial charge in [0, 0.05) is 35.8 Å². The van der Waals surface area contributed by atoms with Crippen molar-refractivity contribution in [1.29, 1.82) is 0 Å². The lowest BCUT2D eigenvalue weighted by Crippen LogP contribution is -2.34. The molecule has 1 aliphatic heterocycles. The Hall–Kier alpha value is -2.41. The Balaban J connectivity index is 0.00000112. The highest BCUT2D eigenvalue weighted by Gasteiger charge is 2.25. The van der Waals surface area contributed by atoms with Crippen molar-refractivity contribution in [3.05, 3.63) is 88.7 Å². The summed E-state index contributed by atoms with van der Waals surface area (Å²) in [4.78, 5) is 10.1. The van der Waals surface area contributed by atoms with Crippen molar-refractivity contribution in [3.63, 3.8) is 0 Å². The fourth-order valence-corrected chi connectivity index (χ4v) is 6.27. The van der Waals surface area contributed by atoms with E-state index in [2.05, 4.69) is 106 Å². The van der Waals surface area contributed by atoms with Gasteiger partial charge < -0.3 is 0 Å². The number of rotatable bonds is 10. The van der Waals surface area contributed by atoms with Crippen molar-refractivity contribution < 1.29 is 3.89 Å². The standard InChI is InChI=1S/C24H33FN2S2.C8H13N.C3H8/c1-8-24(28-25)20(5)26-23(16-18(2)3)21-12-14-27(15-13-21)29(6,7)22-11-9-10-19(4)17-22;1-4-6-8(5-2)7-9-3;1-3-2/h8-11,16-17,21H,1,6-7,12-15H2,2-5H3;4,6-7H,3,5H2,1-2H3;3H2,1-2H3/b24-20-,26-23?;6-4-,8-7-;. The van der Waals surface area contributed by atoms with Crippen LogP contribution in [0.2, 0.25) is 0 Å². The molecule has 0 bridgehead atoms. The zero-order chi connectivity index (χ0) is 31.4. The number of nitrogens with zero attached hydrogens (tertiary/aromatic N) is 3. The number of piperidine rings is 1. The molecule has 3 nitrogen and oxygen atoms in total. The predicted octanol–water partition coefficient (Wildman–Crippen LogP) is 11.1. The molecule has 0 spiro atoms. The molecular formula is C35H54FN3S2. The smallest absolute Gasteiger partial charge is 0.0831 e. The van der Waals surface area contributed by atoms with Crippen LogP contribution in [0.4, 0.5) is 3.89 Å². The van der Waals surface area contributed by atoms with Crippen LogP contribution in [0.5, 0.6) is 0 Å². The van der Waals surface area contributed by atoms with Gasteiger partial charge in [0.25, 0.3) is 0 Å². The summed E-state index contributed by atoms with van der Waals surface area (Å²) in [5, 5.41) is 0. The van der Waals surface area contributed by atoms with E-state index >= 15 is 0 Å². The van der Waals surface area contributed by atoms with E-state index in [0.29, 0.717) is 16.5 Å². The number of benzene rings is 1. The van der Waals surface area contributed by atoms with Gasteiger partial charge in [0.1, 0.15) is 0 Å². The third-order valence-electron chi connectivity index (χ3n) is 6.20. The lowest BCUT2D eigenvalue weighted by molar-refractivity contribution is 0.341. The first-order valence-corrected chi connectivity index (χ1v) is 17.0. The monoisotopic (exact) mass is 599 g/mol. The van der Waals surface area contributed by atoms with E-state index in [-0.39, 0.29) is 12.1 Å². The van der Waals surface area contributed by atoms with Crippen LogP contribution >= 0.6 is 21.5 Å². The Labute approximate surface area is 256 Å². The molecular weight excluding hydrogens is 546 g/mol. The van der Waals surface area contributed by atoms with Gasteiger partial charge in [0.15, 0.2) is 0 Å². The van der Waals surface area contributed by atoms with Gasteiger partial charge in [-0.2, -0.15) is 3.89 Å². The summed E-state index contributed by atoms with van der Waals surface area (Å²) in [7, 11) is -1.50. The molecule has 0 aliphatic carbocycles. The maximum Gasteiger partial charge on any atom is 0.0831 e. The number of aliphatic imine (C=N–C) groups is 2. The average Bonchev–Trinajstić information content (AvgIpc) is 2.94. The fraction of sp³-hybridized carbons (Fsp3) is 0.429. The van der Waals surface area contributed by atoms with Crippen LogP contribution in [0.15, 0.2) is 98.0 Å². The summed E-state index contributed by atoms with van der Waals surface area (Å²) in [6.45, 7) is 25.4. The first-order chi connectivity index (χ1) is 19.4. The van der Waals surface area contributed by atoms with Crippen LogP contribution in [0.3, 0.4) is 0 Å². The molecule has 1 fully saturated rings. The number of aryl methyl sites for hydroxylation is 1. The average molecular weight is 600 g/mol. The molecule has 6 heteroatoms. The summed E-state index contributed by atoms with van der Waals surface area (Å²) in [5.41, 5.74) is 5.36. The molecule has 0 N–H and O–H groups in total. The van der Waals surface area contributed by atoms with E-state index in [1.807, 2.05) is 26.0 Å². The zero-order valence-corrected chi connectivity index (χ0v) is 28.5. The minimum absolute atomic E-state index is 0.200. The molecule has 1 aromatic carbocycles. The Morgan fingerprint density at radius 2 is 1.76 bits per heavy atom. The van der Waals surface area contributed by atoms with Gasteiger partial charge in [0.2, 0.25) is 0 Å². The molecule has 228 valence electrons. The zero-order valence-electron chi connectivity index (χ0n) is 26.9. The lowest BCUT2D eigenvalue weighted by Gasteiger charge is -2.37. The highest BCUT2D eigenvalue weighted by atomic mass is 32.2. The molecule has 0 saturated carbocycles. The Bertz CT molecular complexity index is 1210. The van der Waals surface area contributed by atoms with Gasteiger partial charge in [-0.25, -0.2) is 0 Å². The SMILES string of the molecule is C=C/C(SF)=C(\C)N=C(C=C(C)C)C1CCN(S(=C)(=C)c2cccc(C)c2)CC1.C=N/C=C(\C=C/C)CC.CCC. The topological polar surface area (TPSA) is 28.0 Å². The van der Waals surface area contributed by atoms with Crippen LogP contribution in [0.25, 0.3) is 0 Å². The van der Waals surface area contributed by atoms with Crippen LogP contribution < -0.4 is 0 Å². The van der Waals surface area contributed by atoms with Crippen LogP contribution in [-0.2, 0) is 0 Å². The fourth-order valence-electron chi connectivity index (χ4n) is 4.11. The number of hydrogen-bond acceptors (Lipinski definition) is 4. The first-order valence-electron chi connectivity index (χ1n) is 14.4. The molecule has 1 heterocycles. The van der Waals surface area contributed by atoms with Gasteiger partial charge in [0.05, 0.1) is 22.8 Å². The number of allylic oxidation sites excluding steroid dienone is 7. The van der Waals surface area contributed by atoms with Crippen molar-refractivity contribution in [2.75, 3.05) is 13.1 Å². The van der Waals surface area contributed by atoms with Gasteiger partial charge in [-0.1, -0.05) is 87.0 Å². The molecule has 1 aliphatic rings. The van der Waals surface area contributed by atoms with E-state index < -0.39 is 9.39 Å². The van der Waals surface area contributed by atoms with Crippen LogP contribution in [-0.4, -0.2) is 41.6 Å². The second-order valence-electron chi connectivity index (χ2n) is 10.3. The maximum atomic E-state index is 13.1. The van der Waals surface area contributed by atoms with E-state index in [1.54, 1.807) is 6.20 Å². The Morgan fingerprint density at radius 1 is 1.15 bits per heavy atom. The molecule has 0 amide bonds. The van der Waals surface area contributed by atoms with Gasteiger partial charge in [-0.3, -0.25) is 14.3 Å². The van der Waals surface area contributed by atoms with E-state index in [0.717, 1.165) is 38.1 Å². The van der Waals surface area contributed by atoms with E-state index in [4.69, 9.17) is 4.99 Å². The summed E-state index contributed by atoms with van der Waals surface area (Å²) in [5.74, 6) is 9.37.